The maximum atomic E-state index is 13.2. The van der Waals surface area contributed by atoms with Crippen molar-refractivity contribution in [3.8, 4) is 0 Å². The van der Waals surface area contributed by atoms with Crippen LogP contribution >= 0.6 is 0 Å². The zero-order chi connectivity index (χ0) is 22.2. The second-order valence-electron chi connectivity index (χ2n) is 10.5. The summed E-state index contributed by atoms with van der Waals surface area (Å²) >= 11 is 0. The van der Waals surface area contributed by atoms with Crippen molar-refractivity contribution in [1.82, 2.24) is 20.1 Å². The van der Waals surface area contributed by atoms with E-state index in [2.05, 4.69) is 21.3 Å². The topological polar surface area (TPSA) is 65.5 Å². The van der Waals surface area contributed by atoms with E-state index in [9.17, 15) is 9.59 Å². The molecule has 0 spiro atoms. The van der Waals surface area contributed by atoms with E-state index in [-0.39, 0.29) is 17.5 Å². The number of carbonyl (C=O) groups excluding carboxylic acids is 2. The summed E-state index contributed by atoms with van der Waals surface area (Å²) in [5.74, 6) is 0.938. The lowest BCUT2D eigenvalue weighted by molar-refractivity contribution is -0.136. The molecule has 0 bridgehead atoms. The van der Waals surface area contributed by atoms with Crippen LogP contribution < -0.4 is 5.32 Å². The Kier molecular flexibility index (Phi) is 6.09. The molecule has 1 aromatic heterocycles. The fourth-order valence-electron chi connectivity index (χ4n) is 5.30. The highest BCUT2D eigenvalue weighted by molar-refractivity contribution is 5.83. The van der Waals surface area contributed by atoms with Crippen LogP contribution in [0.2, 0.25) is 0 Å². The largest absolute Gasteiger partial charge is 0.338 e. The summed E-state index contributed by atoms with van der Waals surface area (Å²) in [5.41, 5.74) is 5.04. The number of carbonyl (C=O) groups is 2. The van der Waals surface area contributed by atoms with Crippen LogP contribution in [0.3, 0.4) is 0 Å². The normalized spacial score (nSPS) is 23.3. The van der Waals surface area contributed by atoms with Gasteiger partial charge in [0.1, 0.15) is 0 Å². The van der Waals surface area contributed by atoms with Crippen molar-refractivity contribution in [1.29, 1.82) is 0 Å². The Balaban J connectivity index is 1.26. The highest BCUT2D eigenvalue weighted by Crippen LogP contribution is 2.38. The fourth-order valence-corrected chi connectivity index (χ4v) is 5.30. The van der Waals surface area contributed by atoms with Gasteiger partial charge in [-0.05, 0) is 81.6 Å². The standard InChI is InChI=1S/C25H36N4O2/c1-25(2,3)27-24(31)28(4)15-17-7-9-18(10-8-17)23(30)29-13-11-20-19(16-29)14-22-21(20)6-5-12-26-22/h5-6,12,17-18H,7-11,13-16H2,1-4H3,(H,27,31). The van der Waals surface area contributed by atoms with E-state index in [1.54, 1.807) is 4.90 Å². The van der Waals surface area contributed by atoms with Crippen LogP contribution in [0, 0.1) is 11.8 Å². The highest BCUT2D eigenvalue weighted by atomic mass is 16.2. The lowest BCUT2D eigenvalue weighted by Crippen LogP contribution is -2.48. The van der Waals surface area contributed by atoms with Crippen molar-refractivity contribution in [3.05, 3.63) is 35.2 Å². The van der Waals surface area contributed by atoms with Crippen molar-refractivity contribution in [3.63, 3.8) is 0 Å². The molecule has 3 amide bonds. The van der Waals surface area contributed by atoms with Gasteiger partial charge in [0.15, 0.2) is 0 Å². The smallest absolute Gasteiger partial charge is 0.317 e. The third-order valence-corrected chi connectivity index (χ3v) is 6.90. The van der Waals surface area contributed by atoms with E-state index in [1.807, 2.05) is 40.1 Å². The Labute approximate surface area is 186 Å². The van der Waals surface area contributed by atoms with Gasteiger partial charge in [0, 0.05) is 50.8 Å². The van der Waals surface area contributed by atoms with Crippen LogP contribution in [0.15, 0.2) is 23.9 Å². The molecule has 0 unspecified atom stereocenters. The van der Waals surface area contributed by atoms with Gasteiger partial charge in [-0.25, -0.2) is 4.79 Å². The predicted octanol–water partition coefficient (Wildman–Crippen LogP) is 3.87. The van der Waals surface area contributed by atoms with E-state index in [4.69, 9.17) is 0 Å². The van der Waals surface area contributed by atoms with E-state index in [0.29, 0.717) is 11.8 Å². The summed E-state index contributed by atoms with van der Waals surface area (Å²) in [4.78, 5) is 34.0. The maximum absolute atomic E-state index is 13.2. The highest BCUT2D eigenvalue weighted by Gasteiger charge is 2.34. The molecule has 0 saturated heterocycles. The average Bonchev–Trinajstić information content (AvgIpc) is 3.10. The number of aromatic nitrogens is 1. The fraction of sp³-hybridized carbons (Fsp3) is 0.640. The first-order chi connectivity index (χ1) is 14.7. The Morgan fingerprint density at radius 1 is 1.23 bits per heavy atom. The molecule has 2 heterocycles. The molecule has 0 atom stereocenters. The summed E-state index contributed by atoms with van der Waals surface area (Å²) in [6.07, 6.45) is 7.60. The van der Waals surface area contributed by atoms with Gasteiger partial charge in [-0.1, -0.05) is 6.07 Å². The lowest BCUT2D eigenvalue weighted by Gasteiger charge is -2.36. The molecule has 6 nitrogen and oxygen atoms in total. The Morgan fingerprint density at radius 2 is 1.97 bits per heavy atom. The number of amides is 3. The molecule has 4 rings (SSSR count). The SMILES string of the molecule is CN(CC1CCC(C(=O)N2CCC3=C(Cc4ncccc43)C2)CC1)C(=O)NC(C)(C)C. The van der Waals surface area contributed by atoms with Crippen molar-refractivity contribution >= 4 is 17.5 Å². The quantitative estimate of drug-likeness (QED) is 0.801. The van der Waals surface area contributed by atoms with Crippen molar-refractivity contribution in [2.24, 2.45) is 11.8 Å². The van der Waals surface area contributed by atoms with Crippen LogP contribution in [0.25, 0.3) is 5.57 Å². The Bertz CT molecular complexity index is 878. The minimum atomic E-state index is -0.226. The molecule has 1 N–H and O–H groups in total. The van der Waals surface area contributed by atoms with Crippen molar-refractivity contribution < 1.29 is 9.59 Å². The van der Waals surface area contributed by atoms with Gasteiger partial charge in [0.25, 0.3) is 0 Å². The molecule has 6 heteroatoms. The molecule has 1 saturated carbocycles. The first-order valence-electron chi connectivity index (χ1n) is 11.7. The summed E-state index contributed by atoms with van der Waals surface area (Å²) in [7, 11) is 1.87. The van der Waals surface area contributed by atoms with Crippen LogP contribution in [0.4, 0.5) is 4.79 Å². The number of fused-ring (bicyclic) bond motifs is 2. The minimum absolute atomic E-state index is 0.0184. The number of nitrogens with one attached hydrogen (secondary N) is 1. The first-order valence-corrected chi connectivity index (χ1v) is 11.7. The number of hydrogen-bond donors (Lipinski definition) is 1. The molecule has 168 valence electrons. The van der Waals surface area contributed by atoms with Crippen LogP contribution in [-0.4, -0.2) is 58.9 Å². The van der Waals surface area contributed by atoms with Gasteiger partial charge in [-0.2, -0.15) is 0 Å². The molecule has 3 aliphatic rings. The van der Waals surface area contributed by atoms with Crippen LogP contribution in [0.5, 0.6) is 0 Å². The molecule has 1 fully saturated rings. The number of pyridine rings is 1. The number of nitrogens with zero attached hydrogens (tertiary/aromatic N) is 3. The summed E-state index contributed by atoms with van der Waals surface area (Å²) < 4.78 is 0. The molecule has 1 aromatic rings. The Morgan fingerprint density at radius 3 is 2.68 bits per heavy atom. The predicted molar refractivity (Wildman–Crippen MR) is 122 cm³/mol. The van der Waals surface area contributed by atoms with E-state index >= 15 is 0 Å². The zero-order valence-corrected chi connectivity index (χ0v) is 19.4. The molecule has 0 radical (unpaired) electrons. The summed E-state index contributed by atoms with van der Waals surface area (Å²) in [6.45, 7) is 8.33. The van der Waals surface area contributed by atoms with E-state index in [0.717, 1.165) is 58.2 Å². The van der Waals surface area contributed by atoms with Crippen molar-refractivity contribution in [2.45, 2.75) is 64.8 Å². The van der Waals surface area contributed by atoms with Gasteiger partial charge in [-0.15, -0.1) is 0 Å². The molecule has 1 aliphatic heterocycles. The van der Waals surface area contributed by atoms with Gasteiger partial charge in [-0.3, -0.25) is 9.78 Å². The van der Waals surface area contributed by atoms with E-state index in [1.165, 1.54) is 22.4 Å². The van der Waals surface area contributed by atoms with Crippen molar-refractivity contribution in [2.75, 3.05) is 26.7 Å². The van der Waals surface area contributed by atoms with Gasteiger partial charge in [0.2, 0.25) is 5.91 Å². The monoisotopic (exact) mass is 424 g/mol. The minimum Gasteiger partial charge on any atom is -0.338 e. The second-order valence-corrected chi connectivity index (χ2v) is 10.5. The third kappa shape index (κ3) is 4.94. The average molecular weight is 425 g/mol. The number of hydrogen-bond acceptors (Lipinski definition) is 3. The summed E-state index contributed by atoms with van der Waals surface area (Å²) in [5, 5.41) is 3.02. The molecule has 0 aromatic carbocycles. The van der Waals surface area contributed by atoms with Gasteiger partial charge >= 0.3 is 6.03 Å². The first kappa shape index (κ1) is 21.8. The summed E-state index contributed by atoms with van der Waals surface area (Å²) in [6, 6.07) is 4.16. The maximum Gasteiger partial charge on any atom is 0.317 e. The molecular formula is C25H36N4O2. The van der Waals surface area contributed by atoms with Crippen LogP contribution in [0.1, 0.15) is 64.1 Å². The third-order valence-electron chi connectivity index (χ3n) is 6.90. The number of urea groups is 1. The zero-order valence-electron chi connectivity index (χ0n) is 19.4. The van der Waals surface area contributed by atoms with Gasteiger partial charge < -0.3 is 15.1 Å². The molecule has 2 aliphatic carbocycles. The van der Waals surface area contributed by atoms with Gasteiger partial charge in [0.05, 0.1) is 5.69 Å². The van der Waals surface area contributed by atoms with Crippen LogP contribution in [-0.2, 0) is 11.2 Å². The Hall–Kier alpha value is -2.37. The molecule has 31 heavy (non-hydrogen) atoms. The second kappa shape index (κ2) is 8.64. The number of rotatable bonds is 3. The van der Waals surface area contributed by atoms with E-state index < -0.39 is 0 Å². The lowest BCUT2D eigenvalue weighted by atomic mass is 9.81. The molecular weight excluding hydrogens is 388 g/mol.